The first-order valence-corrected chi connectivity index (χ1v) is 10.5. The fourth-order valence-electron chi connectivity index (χ4n) is 3.15. The van der Waals surface area contributed by atoms with Crippen molar-refractivity contribution in [1.29, 1.82) is 0 Å². The summed E-state index contributed by atoms with van der Waals surface area (Å²) in [6.07, 6.45) is 1.00. The SMILES string of the molecule is CCc1ccc([C@H]([NH2+][C@@H](C)C(=O)Nc2ccc(C(N)=O)cc2)c2cccs2)cc1. The molecule has 5 N–H and O–H groups in total. The number of amides is 2. The Hall–Kier alpha value is -2.96. The van der Waals surface area contributed by atoms with Gasteiger partial charge in [0, 0.05) is 16.8 Å². The Labute approximate surface area is 175 Å². The van der Waals surface area contributed by atoms with Gasteiger partial charge >= 0.3 is 0 Å². The highest BCUT2D eigenvalue weighted by atomic mass is 32.1. The van der Waals surface area contributed by atoms with E-state index in [4.69, 9.17) is 5.73 Å². The zero-order chi connectivity index (χ0) is 20.8. The largest absolute Gasteiger partial charge is 0.366 e. The molecule has 1 aromatic heterocycles. The number of aryl methyl sites for hydroxylation is 1. The van der Waals surface area contributed by atoms with Gasteiger partial charge in [-0.05, 0) is 54.6 Å². The molecular weight excluding hydrogens is 382 g/mol. The van der Waals surface area contributed by atoms with E-state index in [2.05, 4.69) is 53.3 Å². The maximum absolute atomic E-state index is 12.7. The fourth-order valence-corrected chi connectivity index (χ4v) is 3.98. The summed E-state index contributed by atoms with van der Waals surface area (Å²) in [7, 11) is 0. The van der Waals surface area contributed by atoms with Crippen molar-refractivity contribution in [2.75, 3.05) is 5.32 Å². The van der Waals surface area contributed by atoms with Crippen LogP contribution in [0, 0.1) is 0 Å². The zero-order valence-electron chi connectivity index (χ0n) is 16.6. The maximum Gasteiger partial charge on any atom is 0.282 e. The normalized spacial score (nSPS) is 12.9. The number of carbonyl (C=O) groups excluding carboxylic acids is 2. The van der Waals surface area contributed by atoms with Crippen LogP contribution in [-0.2, 0) is 11.2 Å². The second kappa shape index (κ2) is 9.49. The van der Waals surface area contributed by atoms with Crippen LogP contribution in [0.5, 0.6) is 0 Å². The van der Waals surface area contributed by atoms with Crippen molar-refractivity contribution in [3.8, 4) is 0 Å². The smallest absolute Gasteiger partial charge is 0.282 e. The molecule has 1 heterocycles. The summed E-state index contributed by atoms with van der Waals surface area (Å²) >= 11 is 1.69. The number of thiophene rings is 1. The van der Waals surface area contributed by atoms with Gasteiger partial charge < -0.3 is 16.4 Å². The molecule has 29 heavy (non-hydrogen) atoms. The molecule has 0 aliphatic rings. The number of nitrogens with two attached hydrogens (primary N) is 2. The summed E-state index contributed by atoms with van der Waals surface area (Å²) in [5.74, 6) is -0.582. The van der Waals surface area contributed by atoms with Gasteiger partial charge in [0.2, 0.25) is 5.91 Å². The van der Waals surface area contributed by atoms with Crippen LogP contribution in [0.4, 0.5) is 5.69 Å². The molecule has 0 aliphatic carbocycles. The molecule has 6 heteroatoms. The van der Waals surface area contributed by atoms with Gasteiger partial charge in [-0.15, -0.1) is 11.3 Å². The lowest BCUT2D eigenvalue weighted by Gasteiger charge is -2.20. The average molecular weight is 409 g/mol. The predicted octanol–water partition coefficient (Wildman–Crippen LogP) is 3.09. The van der Waals surface area contributed by atoms with Crippen LogP contribution in [0.2, 0.25) is 0 Å². The Morgan fingerprint density at radius 1 is 1.07 bits per heavy atom. The lowest BCUT2D eigenvalue weighted by Crippen LogP contribution is -2.92. The van der Waals surface area contributed by atoms with Crippen LogP contribution in [0.25, 0.3) is 0 Å². The standard InChI is InChI=1S/C23H25N3O2S/c1-3-16-6-8-17(9-7-16)21(20-5-4-14-29-20)25-15(2)23(28)26-19-12-10-18(11-13-19)22(24)27/h4-15,21,25H,3H2,1-2H3,(H2,24,27)(H,26,28)/p+1/t15-,21-/m0/s1. The summed E-state index contributed by atoms with van der Waals surface area (Å²) in [6, 6.07) is 19.1. The van der Waals surface area contributed by atoms with E-state index < -0.39 is 5.91 Å². The zero-order valence-corrected chi connectivity index (χ0v) is 17.4. The number of hydrogen-bond acceptors (Lipinski definition) is 3. The number of nitrogens with one attached hydrogen (secondary N) is 1. The third-order valence-electron chi connectivity index (χ3n) is 4.93. The summed E-state index contributed by atoms with van der Waals surface area (Å²) in [6.45, 7) is 4.04. The Morgan fingerprint density at radius 2 is 1.76 bits per heavy atom. The molecule has 0 saturated carbocycles. The molecule has 0 radical (unpaired) electrons. The van der Waals surface area contributed by atoms with Crippen molar-refractivity contribution >= 4 is 28.8 Å². The van der Waals surface area contributed by atoms with E-state index in [1.807, 2.05) is 13.0 Å². The lowest BCUT2D eigenvalue weighted by atomic mass is 10.0. The van der Waals surface area contributed by atoms with E-state index in [0.717, 1.165) is 6.42 Å². The maximum atomic E-state index is 12.7. The number of primary amides is 1. The monoisotopic (exact) mass is 408 g/mol. The minimum atomic E-state index is -0.488. The van der Waals surface area contributed by atoms with Crippen LogP contribution >= 0.6 is 11.3 Å². The van der Waals surface area contributed by atoms with Crippen LogP contribution in [0.1, 0.15) is 46.3 Å². The Bertz CT molecular complexity index is 951. The van der Waals surface area contributed by atoms with Crippen LogP contribution in [0.15, 0.2) is 66.0 Å². The van der Waals surface area contributed by atoms with Gasteiger partial charge in [-0.1, -0.05) is 37.3 Å². The predicted molar refractivity (Wildman–Crippen MR) is 117 cm³/mol. The molecule has 0 saturated heterocycles. The van der Waals surface area contributed by atoms with Gasteiger partial charge in [0.25, 0.3) is 5.91 Å². The summed E-state index contributed by atoms with van der Waals surface area (Å²) in [5.41, 5.74) is 8.78. The third-order valence-corrected chi connectivity index (χ3v) is 5.88. The first-order valence-electron chi connectivity index (χ1n) is 9.66. The summed E-state index contributed by atoms with van der Waals surface area (Å²) in [5, 5.41) is 7.05. The quantitative estimate of drug-likeness (QED) is 0.535. The fraction of sp³-hybridized carbons (Fsp3) is 0.217. The highest BCUT2D eigenvalue weighted by Gasteiger charge is 2.25. The molecule has 0 spiro atoms. The number of quaternary nitrogens is 1. The highest BCUT2D eigenvalue weighted by Crippen LogP contribution is 2.23. The number of hydrogen-bond donors (Lipinski definition) is 3. The molecular formula is C23H26N3O2S+. The van der Waals surface area contributed by atoms with E-state index in [1.54, 1.807) is 35.6 Å². The van der Waals surface area contributed by atoms with E-state index in [-0.39, 0.29) is 18.0 Å². The lowest BCUT2D eigenvalue weighted by molar-refractivity contribution is -0.703. The Kier molecular flexibility index (Phi) is 6.80. The number of benzene rings is 2. The van der Waals surface area contributed by atoms with Crippen molar-refractivity contribution in [2.24, 2.45) is 5.73 Å². The molecule has 3 rings (SSSR count). The van der Waals surface area contributed by atoms with Gasteiger partial charge in [0.05, 0.1) is 4.88 Å². The molecule has 2 amide bonds. The second-order valence-corrected chi connectivity index (χ2v) is 7.98. The number of carbonyl (C=O) groups is 2. The molecule has 5 nitrogen and oxygen atoms in total. The van der Waals surface area contributed by atoms with Crippen LogP contribution in [0.3, 0.4) is 0 Å². The molecule has 2 atom stereocenters. The molecule has 0 bridgehead atoms. The van der Waals surface area contributed by atoms with Crippen molar-refractivity contribution in [1.82, 2.24) is 0 Å². The van der Waals surface area contributed by atoms with Crippen molar-refractivity contribution < 1.29 is 14.9 Å². The Balaban J connectivity index is 1.72. The molecule has 3 aromatic rings. The first kappa shape index (κ1) is 20.8. The summed E-state index contributed by atoms with van der Waals surface area (Å²) in [4.78, 5) is 25.1. The third kappa shape index (κ3) is 5.31. The first-order chi connectivity index (χ1) is 14.0. The van der Waals surface area contributed by atoms with E-state index in [9.17, 15) is 9.59 Å². The van der Waals surface area contributed by atoms with Crippen molar-refractivity contribution in [3.05, 3.63) is 87.6 Å². The molecule has 0 unspecified atom stereocenters. The van der Waals surface area contributed by atoms with Gasteiger partial charge in [-0.3, -0.25) is 9.59 Å². The molecule has 2 aromatic carbocycles. The van der Waals surface area contributed by atoms with Crippen molar-refractivity contribution in [2.45, 2.75) is 32.4 Å². The van der Waals surface area contributed by atoms with Crippen LogP contribution < -0.4 is 16.4 Å². The number of anilines is 1. The Morgan fingerprint density at radius 3 is 2.31 bits per heavy atom. The minimum Gasteiger partial charge on any atom is -0.366 e. The molecule has 0 fully saturated rings. The molecule has 0 aliphatic heterocycles. The van der Waals surface area contributed by atoms with E-state index >= 15 is 0 Å². The summed E-state index contributed by atoms with van der Waals surface area (Å²) < 4.78 is 0. The highest BCUT2D eigenvalue weighted by molar-refractivity contribution is 7.10. The van der Waals surface area contributed by atoms with Gasteiger partial charge in [0.1, 0.15) is 6.04 Å². The van der Waals surface area contributed by atoms with Gasteiger partial charge in [-0.25, -0.2) is 0 Å². The molecule has 150 valence electrons. The van der Waals surface area contributed by atoms with Crippen LogP contribution in [-0.4, -0.2) is 17.9 Å². The second-order valence-electron chi connectivity index (χ2n) is 7.00. The van der Waals surface area contributed by atoms with Gasteiger partial charge in [0.15, 0.2) is 6.04 Å². The number of rotatable bonds is 8. The van der Waals surface area contributed by atoms with E-state index in [1.165, 1.54) is 16.0 Å². The topological polar surface area (TPSA) is 88.8 Å². The average Bonchev–Trinajstić information content (AvgIpc) is 3.27. The van der Waals surface area contributed by atoms with Gasteiger partial charge in [-0.2, -0.15) is 0 Å². The van der Waals surface area contributed by atoms with Crippen molar-refractivity contribution in [3.63, 3.8) is 0 Å². The minimum absolute atomic E-state index is 0.0545. The van der Waals surface area contributed by atoms with E-state index in [0.29, 0.717) is 11.3 Å².